The minimum Gasteiger partial charge on any atom is -0.314 e. The van der Waals surface area contributed by atoms with Crippen LogP contribution in [0.2, 0.25) is 0 Å². The monoisotopic (exact) mass is 309 g/mol. The lowest BCUT2D eigenvalue weighted by Gasteiger charge is -2.47. The number of rotatable bonds is 1. The second-order valence-electron chi connectivity index (χ2n) is 5.33. The number of hydrogen-bond donors (Lipinski definition) is 1. The fourth-order valence-corrected chi connectivity index (χ4v) is 3.67. The number of nitrogens with zero attached hydrogens (tertiary/aromatic N) is 2. The molecule has 0 amide bonds. The first-order valence-electron chi connectivity index (χ1n) is 6.65. The van der Waals surface area contributed by atoms with E-state index in [1.54, 1.807) is 0 Å². The van der Waals surface area contributed by atoms with E-state index in [0.29, 0.717) is 12.1 Å². The van der Waals surface area contributed by atoms with Gasteiger partial charge in [0.05, 0.1) is 0 Å². The molecule has 3 rings (SSSR count). The highest BCUT2D eigenvalue weighted by molar-refractivity contribution is 9.10. The summed E-state index contributed by atoms with van der Waals surface area (Å²) in [6, 6.07) is 9.81. The molecule has 0 spiro atoms. The van der Waals surface area contributed by atoms with Gasteiger partial charge in [0.1, 0.15) is 0 Å². The lowest BCUT2D eigenvalue weighted by Crippen LogP contribution is -2.61. The Morgan fingerprint density at radius 3 is 2.94 bits per heavy atom. The van der Waals surface area contributed by atoms with E-state index in [9.17, 15) is 0 Å². The van der Waals surface area contributed by atoms with Crippen LogP contribution in [-0.4, -0.2) is 55.6 Å². The summed E-state index contributed by atoms with van der Waals surface area (Å²) in [5.41, 5.74) is 1.41. The van der Waals surface area contributed by atoms with Gasteiger partial charge in [-0.2, -0.15) is 0 Å². The molecule has 4 heteroatoms. The van der Waals surface area contributed by atoms with Gasteiger partial charge >= 0.3 is 0 Å². The number of nitrogens with one attached hydrogen (secondary N) is 1. The van der Waals surface area contributed by atoms with Crippen LogP contribution in [0, 0.1) is 0 Å². The van der Waals surface area contributed by atoms with Gasteiger partial charge in [-0.25, -0.2) is 0 Å². The van der Waals surface area contributed by atoms with Crippen molar-refractivity contribution in [3.8, 4) is 0 Å². The first kappa shape index (κ1) is 12.6. The van der Waals surface area contributed by atoms with Crippen LogP contribution in [-0.2, 0) is 0 Å². The van der Waals surface area contributed by atoms with Crippen molar-refractivity contribution in [3.63, 3.8) is 0 Å². The third-order valence-corrected chi connectivity index (χ3v) is 4.90. The van der Waals surface area contributed by atoms with E-state index < -0.39 is 0 Å². The summed E-state index contributed by atoms with van der Waals surface area (Å²) in [7, 11) is 2.25. The van der Waals surface area contributed by atoms with Crippen molar-refractivity contribution in [1.29, 1.82) is 0 Å². The molecule has 98 valence electrons. The van der Waals surface area contributed by atoms with Gasteiger partial charge in [0.2, 0.25) is 0 Å². The maximum Gasteiger partial charge on any atom is 0.0484 e. The van der Waals surface area contributed by atoms with Crippen LogP contribution in [0.3, 0.4) is 0 Å². The summed E-state index contributed by atoms with van der Waals surface area (Å²) in [6.07, 6.45) is 0. The molecule has 3 nitrogen and oxygen atoms in total. The van der Waals surface area contributed by atoms with Crippen LogP contribution in [0.15, 0.2) is 28.7 Å². The first-order chi connectivity index (χ1) is 8.75. The van der Waals surface area contributed by atoms with Crippen LogP contribution < -0.4 is 5.32 Å². The minimum atomic E-state index is 0.509. The molecule has 2 atom stereocenters. The van der Waals surface area contributed by atoms with E-state index in [4.69, 9.17) is 0 Å². The highest BCUT2D eigenvalue weighted by atomic mass is 79.9. The van der Waals surface area contributed by atoms with Gasteiger partial charge in [0.15, 0.2) is 0 Å². The molecule has 2 unspecified atom stereocenters. The summed E-state index contributed by atoms with van der Waals surface area (Å²) < 4.78 is 1.23. The summed E-state index contributed by atoms with van der Waals surface area (Å²) in [4.78, 5) is 5.13. The van der Waals surface area contributed by atoms with Gasteiger partial charge < -0.3 is 5.32 Å². The smallest absolute Gasteiger partial charge is 0.0484 e. The Kier molecular flexibility index (Phi) is 3.71. The average molecular weight is 310 g/mol. The van der Waals surface area contributed by atoms with E-state index in [-0.39, 0.29) is 0 Å². The Morgan fingerprint density at radius 2 is 2.11 bits per heavy atom. The molecule has 0 bridgehead atoms. The van der Waals surface area contributed by atoms with Crippen LogP contribution in [0.1, 0.15) is 11.6 Å². The van der Waals surface area contributed by atoms with Crippen LogP contribution in [0.5, 0.6) is 0 Å². The summed E-state index contributed by atoms with van der Waals surface area (Å²) in [6.45, 7) is 5.74. The van der Waals surface area contributed by atoms with Crippen molar-refractivity contribution < 1.29 is 0 Å². The van der Waals surface area contributed by atoms with Crippen molar-refractivity contribution in [2.45, 2.75) is 12.1 Å². The molecule has 0 aliphatic carbocycles. The Bertz CT molecular complexity index is 423. The molecule has 2 heterocycles. The number of fused-ring (bicyclic) bond motifs is 1. The largest absolute Gasteiger partial charge is 0.314 e. The van der Waals surface area contributed by atoms with Gasteiger partial charge in [0, 0.05) is 49.3 Å². The zero-order valence-corrected chi connectivity index (χ0v) is 12.4. The second-order valence-corrected chi connectivity index (χ2v) is 6.18. The van der Waals surface area contributed by atoms with Crippen molar-refractivity contribution in [1.82, 2.24) is 15.1 Å². The molecule has 0 aromatic heterocycles. The molecule has 2 aliphatic heterocycles. The van der Waals surface area contributed by atoms with E-state index in [0.717, 1.165) is 26.2 Å². The molecule has 0 radical (unpaired) electrons. The van der Waals surface area contributed by atoms with Crippen molar-refractivity contribution in [2.75, 3.05) is 39.8 Å². The number of benzene rings is 1. The fraction of sp³-hybridized carbons (Fsp3) is 0.571. The zero-order valence-electron chi connectivity index (χ0n) is 10.8. The predicted molar refractivity (Wildman–Crippen MR) is 77.7 cm³/mol. The van der Waals surface area contributed by atoms with Crippen LogP contribution in [0.25, 0.3) is 0 Å². The molecule has 1 N–H and O–H groups in total. The van der Waals surface area contributed by atoms with Gasteiger partial charge in [-0.15, -0.1) is 0 Å². The molecular formula is C14H20BrN3. The van der Waals surface area contributed by atoms with Gasteiger partial charge in [-0.3, -0.25) is 9.80 Å². The molecule has 18 heavy (non-hydrogen) atoms. The lowest BCUT2D eigenvalue weighted by atomic mass is 9.99. The highest BCUT2D eigenvalue weighted by Crippen LogP contribution is 2.31. The molecule has 2 fully saturated rings. The van der Waals surface area contributed by atoms with Crippen molar-refractivity contribution in [2.24, 2.45) is 0 Å². The van der Waals surface area contributed by atoms with E-state index >= 15 is 0 Å². The van der Waals surface area contributed by atoms with Gasteiger partial charge in [-0.05, 0) is 18.7 Å². The maximum absolute atomic E-state index is 3.69. The Morgan fingerprint density at radius 1 is 1.28 bits per heavy atom. The minimum absolute atomic E-state index is 0.509. The summed E-state index contributed by atoms with van der Waals surface area (Å²) >= 11 is 3.69. The van der Waals surface area contributed by atoms with Crippen molar-refractivity contribution in [3.05, 3.63) is 34.3 Å². The quantitative estimate of drug-likeness (QED) is 0.852. The second kappa shape index (κ2) is 5.29. The third kappa shape index (κ3) is 2.35. The maximum atomic E-state index is 3.69. The molecule has 2 saturated heterocycles. The van der Waals surface area contributed by atoms with Crippen molar-refractivity contribution >= 4 is 15.9 Å². The SMILES string of the molecule is CN1CC2CNCCN2CC1c1ccccc1Br. The normalized spacial score (nSPS) is 30.1. The molecule has 0 saturated carbocycles. The highest BCUT2D eigenvalue weighted by Gasteiger charge is 2.34. The van der Waals surface area contributed by atoms with E-state index in [1.807, 2.05) is 0 Å². The predicted octanol–water partition coefficient (Wildman–Crippen LogP) is 1.71. The fourth-order valence-electron chi connectivity index (χ4n) is 3.13. The first-order valence-corrected chi connectivity index (χ1v) is 7.44. The number of piperazine rings is 2. The Labute approximate surface area is 117 Å². The summed E-state index contributed by atoms with van der Waals surface area (Å²) in [5.74, 6) is 0. The average Bonchev–Trinajstić information content (AvgIpc) is 2.39. The van der Waals surface area contributed by atoms with Gasteiger partial charge in [-0.1, -0.05) is 34.1 Å². The van der Waals surface area contributed by atoms with Crippen LogP contribution >= 0.6 is 15.9 Å². The molecular weight excluding hydrogens is 290 g/mol. The van der Waals surface area contributed by atoms with E-state index in [1.165, 1.54) is 16.6 Å². The van der Waals surface area contributed by atoms with Crippen LogP contribution in [0.4, 0.5) is 0 Å². The number of hydrogen-bond acceptors (Lipinski definition) is 3. The number of likely N-dealkylation sites (N-methyl/N-ethyl adjacent to an activating group) is 1. The standard InChI is InChI=1S/C14H20BrN3/c1-17-9-11-8-16-6-7-18(11)10-14(17)12-4-2-3-5-13(12)15/h2-5,11,14,16H,6-10H2,1H3. The van der Waals surface area contributed by atoms with E-state index in [2.05, 4.69) is 62.4 Å². The lowest BCUT2D eigenvalue weighted by molar-refractivity contribution is 0.0298. The topological polar surface area (TPSA) is 18.5 Å². The zero-order chi connectivity index (χ0) is 12.5. The third-order valence-electron chi connectivity index (χ3n) is 4.17. The Balaban J connectivity index is 1.82. The Hall–Kier alpha value is -0.420. The number of halogens is 1. The molecule has 1 aromatic rings. The summed E-state index contributed by atoms with van der Waals surface area (Å²) in [5, 5.41) is 3.49. The molecule has 2 aliphatic rings. The van der Waals surface area contributed by atoms with Gasteiger partial charge in [0.25, 0.3) is 0 Å². The molecule has 1 aromatic carbocycles.